The molecule has 0 unspecified atom stereocenters. The lowest BCUT2D eigenvalue weighted by Crippen LogP contribution is -2.40. The van der Waals surface area contributed by atoms with E-state index in [0.29, 0.717) is 56.7 Å². The van der Waals surface area contributed by atoms with Crippen molar-refractivity contribution < 1.29 is 22.7 Å². The minimum Gasteiger partial charge on any atom is -0.379 e. The number of nitrogens with zero attached hydrogens (tertiary/aromatic N) is 4. The van der Waals surface area contributed by atoms with Crippen molar-refractivity contribution in [1.82, 2.24) is 14.3 Å². The number of hydrogen-bond donors (Lipinski definition) is 2. The number of benzene rings is 2. The Kier molecular flexibility index (Phi) is 7.84. The molecule has 2 saturated heterocycles. The third kappa shape index (κ3) is 5.94. The van der Waals surface area contributed by atoms with Crippen LogP contribution in [-0.2, 0) is 19.5 Å². The lowest BCUT2D eigenvalue weighted by molar-refractivity contribution is 0.0730. The van der Waals surface area contributed by atoms with E-state index < -0.39 is 16.1 Å². The molecular formula is C26H30N6O5S. The lowest BCUT2D eigenvalue weighted by atomic mass is 10.2. The number of aryl methyl sites for hydroxylation is 1. The van der Waals surface area contributed by atoms with Crippen LogP contribution in [0.1, 0.15) is 5.56 Å². The highest BCUT2D eigenvalue weighted by Crippen LogP contribution is 2.24. The van der Waals surface area contributed by atoms with E-state index in [1.807, 2.05) is 25.3 Å². The van der Waals surface area contributed by atoms with Crippen molar-refractivity contribution in [2.24, 2.45) is 0 Å². The van der Waals surface area contributed by atoms with Gasteiger partial charge in [0.2, 0.25) is 10.0 Å². The molecular weight excluding hydrogens is 508 g/mol. The van der Waals surface area contributed by atoms with Crippen molar-refractivity contribution in [3.05, 3.63) is 60.3 Å². The number of sulfonamides is 1. The van der Waals surface area contributed by atoms with Crippen LogP contribution in [0.25, 0.3) is 11.4 Å². The van der Waals surface area contributed by atoms with Gasteiger partial charge in [0.1, 0.15) is 5.82 Å². The van der Waals surface area contributed by atoms with Crippen molar-refractivity contribution in [2.45, 2.75) is 11.8 Å². The quantitative estimate of drug-likeness (QED) is 0.491. The first kappa shape index (κ1) is 26.0. The average molecular weight is 539 g/mol. The van der Waals surface area contributed by atoms with E-state index in [1.54, 1.807) is 24.3 Å². The molecule has 3 aromatic rings. The fourth-order valence-corrected chi connectivity index (χ4v) is 5.72. The van der Waals surface area contributed by atoms with Crippen LogP contribution in [0.2, 0.25) is 0 Å². The molecule has 2 aliphatic rings. The molecule has 0 aliphatic carbocycles. The molecule has 0 radical (unpaired) electrons. The smallest absolute Gasteiger partial charge is 0.323 e. The van der Waals surface area contributed by atoms with Crippen molar-refractivity contribution in [1.29, 1.82) is 0 Å². The van der Waals surface area contributed by atoms with Gasteiger partial charge in [-0.2, -0.15) is 4.31 Å². The van der Waals surface area contributed by atoms with E-state index in [9.17, 15) is 13.2 Å². The Morgan fingerprint density at radius 3 is 2.00 bits per heavy atom. The third-order valence-electron chi connectivity index (χ3n) is 6.38. The molecule has 200 valence electrons. The summed E-state index contributed by atoms with van der Waals surface area (Å²) in [5, 5.41) is 5.51. The molecule has 38 heavy (non-hydrogen) atoms. The van der Waals surface area contributed by atoms with Gasteiger partial charge in [0.05, 0.1) is 31.3 Å². The second-order valence-electron chi connectivity index (χ2n) is 9.00. The van der Waals surface area contributed by atoms with Gasteiger partial charge >= 0.3 is 6.03 Å². The zero-order chi connectivity index (χ0) is 26.5. The van der Waals surface area contributed by atoms with Crippen LogP contribution in [0.15, 0.2) is 59.6 Å². The van der Waals surface area contributed by atoms with Crippen LogP contribution >= 0.6 is 0 Å². The summed E-state index contributed by atoms with van der Waals surface area (Å²) in [6, 6.07) is 12.9. The zero-order valence-electron chi connectivity index (χ0n) is 21.1. The number of ether oxygens (including phenoxy) is 2. The maximum absolute atomic E-state index is 12.8. The van der Waals surface area contributed by atoms with Crippen LogP contribution in [-0.4, -0.2) is 81.3 Å². The summed E-state index contributed by atoms with van der Waals surface area (Å²) < 4.78 is 37.6. The highest BCUT2D eigenvalue weighted by Gasteiger charge is 2.26. The second kappa shape index (κ2) is 11.4. The Labute approximate surface area is 221 Å². The largest absolute Gasteiger partial charge is 0.379 e. The van der Waals surface area contributed by atoms with Crippen molar-refractivity contribution in [3.63, 3.8) is 0 Å². The number of hydrogen-bond acceptors (Lipinski definition) is 8. The summed E-state index contributed by atoms with van der Waals surface area (Å²) in [6.45, 7) is 6.36. The van der Waals surface area contributed by atoms with Gasteiger partial charge in [0.15, 0.2) is 5.82 Å². The molecule has 2 aliphatic heterocycles. The number of morpholine rings is 2. The molecule has 0 atom stereocenters. The monoisotopic (exact) mass is 538 g/mol. The Morgan fingerprint density at radius 1 is 0.842 bits per heavy atom. The van der Waals surface area contributed by atoms with Gasteiger partial charge in [0, 0.05) is 54.9 Å². The minimum absolute atomic E-state index is 0.177. The number of aromatic nitrogens is 2. The molecule has 0 saturated carbocycles. The predicted octanol–water partition coefficient (Wildman–Crippen LogP) is 2.95. The van der Waals surface area contributed by atoms with Crippen molar-refractivity contribution in [2.75, 3.05) is 68.1 Å². The van der Waals surface area contributed by atoms with Gasteiger partial charge in [-0.15, -0.1) is 0 Å². The summed E-state index contributed by atoms with van der Waals surface area (Å²) in [5.41, 5.74) is 2.92. The normalized spacial score (nSPS) is 16.7. The molecule has 11 nitrogen and oxygen atoms in total. The van der Waals surface area contributed by atoms with E-state index in [1.165, 1.54) is 16.4 Å². The van der Waals surface area contributed by atoms with Gasteiger partial charge in [-0.05, 0) is 55.5 Å². The van der Waals surface area contributed by atoms with Gasteiger partial charge in [0.25, 0.3) is 0 Å². The number of rotatable bonds is 6. The van der Waals surface area contributed by atoms with Gasteiger partial charge in [-0.25, -0.2) is 23.2 Å². The highest BCUT2D eigenvalue weighted by atomic mass is 32.2. The first-order chi connectivity index (χ1) is 18.4. The molecule has 2 amide bonds. The van der Waals surface area contributed by atoms with Crippen molar-refractivity contribution in [3.8, 4) is 11.4 Å². The highest BCUT2D eigenvalue weighted by molar-refractivity contribution is 7.89. The fourth-order valence-electron chi connectivity index (χ4n) is 4.31. The SMILES string of the molecule is Cc1cnc(-c2ccc(NC(=O)Nc3ccc(S(=O)(=O)N4CCOCC4)cc3)cc2)nc1N1CCOCC1. The molecule has 2 N–H and O–H groups in total. The van der Waals surface area contributed by atoms with Gasteiger partial charge in [-0.3, -0.25) is 0 Å². The lowest BCUT2D eigenvalue weighted by Gasteiger charge is -2.29. The predicted molar refractivity (Wildman–Crippen MR) is 144 cm³/mol. The number of carbonyl (C=O) groups is 1. The van der Waals surface area contributed by atoms with Gasteiger partial charge < -0.3 is 25.0 Å². The number of amides is 2. The minimum atomic E-state index is -3.59. The summed E-state index contributed by atoms with van der Waals surface area (Å²) in [7, 11) is -3.59. The van der Waals surface area contributed by atoms with Crippen LogP contribution in [0.5, 0.6) is 0 Å². The molecule has 0 spiro atoms. The molecule has 1 aromatic heterocycles. The number of anilines is 3. The van der Waals surface area contributed by atoms with Crippen LogP contribution in [0.3, 0.4) is 0 Å². The first-order valence-electron chi connectivity index (χ1n) is 12.4. The maximum Gasteiger partial charge on any atom is 0.323 e. The van der Waals surface area contributed by atoms with Crippen LogP contribution < -0.4 is 15.5 Å². The summed E-state index contributed by atoms with van der Waals surface area (Å²) in [4.78, 5) is 24.2. The molecule has 5 rings (SSSR count). The standard InChI is InChI=1S/C26H30N6O5S/c1-19-18-27-24(30-25(19)31-10-14-36-15-11-31)20-2-4-21(5-3-20)28-26(33)29-22-6-8-23(9-7-22)38(34,35)32-12-16-37-17-13-32/h2-9,18H,10-17H2,1H3,(H2,28,29,33). The molecule has 3 heterocycles. The summed E-state index contributed by atoms with van der Waals surface area (Å²) in [5.74, 6) is 1.52. The topological polar surface area (TPSA) is 126 Å². The molecule has 12 heteroatoms. The first-order valence-corrected chi connectivity index (χ1v) is 13.9. The number of nitrogens with one attached hydrogen (secondary N) is 2. The summed E-state index contributed by atoms with van der Waals surface area (Å²) in [6.07, 6.45) is 1.82. The second-order valence-corrected chi connectivity index (χ2v) is 10.9. The fraction of sp³-hybridized carbons (Fsp3) is 0.346. The zero-order valence-corrected chi connectivity index (χ0v) is 21.9. The molecule has 2 aromatic carbocycles. The molecule has 0 bridgehead atoms. The molecule has 2 fully saturated rings. The Morgan fingerprint density at radius 2 is 1.39 bits per heavy atom. The van der Waals surface area contributed by atoms with E-state index in [-0.39, 0.29) is 4.90 Å². The Balaban J connectivity index is 1.20. The van der Waals surface area contributed by atoms with E-state index in [2.05, 4.69) is 20.5 Å². The summed E-state index contributed by atoms with van der Waals surface area (Å²) >= 11 is 0. The van der Waals surface area contributed by atoms with Crippen LogP contribution in [0.4, 0.5) is 22.0 Å². The van der Waals surface area contributed by atoms with Gasteiger partial charge in [-0.1, -0.05) is 0 Å². The van der Waals surface area contributed by atoms with E-state index >= 15 is 0 Å². The van der Waals surface area contributed by atoms with Crippen molar-refractivity contribution >= 4 is 33.2 Å². The average Bonchev–Trinajstić information content (AvgIpc) is 2.95. The van der Waals surface area contributed by atoms with Crippen LogP contribution in [0, 0.1) is 6.92 Å². The number of urea groups is 1. The third-order valence-corrected chi connectivity index (χ3v) is 8.29. The maximum atomic E-state index is 12.8. The number of carbonyl (C=O) groups excluding carboxylic acids is 1. The Bertz CT molecular complexity index is 1370. The van der Waals surface area contributed by atoms with E-state index in [4.69, 9.17) is 14.5 Å². The Hall–Kier alpha value is -3.58. The van der Waals surface area contributed by atoms with E-state index in [0.717, 1.165) is 30.0 Å².